The van der Waals surface area contributed by atoms with E-state index in [1.54, 1.807) is 6.26 Å². The van der Waals surface area contributed by atoms with Crippen LogP contribution in [0.2, 0.25) is 10.0 Å². The molecule has 1 atom stereocenters. The molecule has 7 nitrogen and oxygen atoms in total. The van der Waals surface area contributed by atoms with Gasteiger partial charge in [-0.2, -0.15) is 0 Å². The average Bonchev–Trinajstić information content (AvgIpc) is 3.35. The second kappa shape index (κ2) is 12.1. The number of hydrogen-bond donors (Lipinski definition) is 1. The molecule has 1 aliphatic rings. The summed E-state index contributed by atoms with van der Waals surface area (Å²) >= 11 is 12.2. The molecule has 196 valence electrons. The number of carbonyl (C=O) groups is 1. The van der Waals surface area contributed by atoms with Crippen LogP contribution in [0.5, 0.6) is 0 Å². The third-order valence-corrected chi connectivity index (χ3v) is 7.40. The van der Waals surface area contributed by atoms with Gasteiger partial charge in [0, 0.05) is 44.6 Å². The van der Waals surface area contributed by atoms with Gasteiger partial charge in [-0.05, 0) is 48.9 Å². The van der Waals surface area contributed by atoms with E-state index in [-0.39, 0.29) is 27.6 Å². The lowest BCUT2D eigenvalue weighted by Crippen LogP contribution is -2.33. The van der Waals surface area contributed by atoms with Crippen LogP contribution in [-0.2, 0) is 25.9 Å². The molecule has 0 spiro atoms. The van der Waals surface area contributed by atoms with E-state index in [2.05, 4.69) is 38.4 Å². The summed E-state index contributed by atoms with van der Waals surface area (Å²) in [5.41, 5.74) is 5.81. The predicted octanol–water partition coefficient (Wildman–Crippen LogP) is 6.13. The first-order valence-corrected chi connectivity index (χ1v) is 13.5. The van der Waals surface area contributed by atoms with Crippen molar-refractivity contribution in [1.29, 1.82) is 0 Å². The fourth-order valence-corrected chi connectivity index (χ4v) is 5.47. The maximum absolute atomic E-state index is 12.6. The Morgan fingerprint density at radius 2 is 1.89 bits per heavy atom. The van der Waals surface area contributed by atoms with E-state index in [1.165, 1.54) is 29.2 Å². The number of hydrogen-bond acceptors (Lipinski definition) is 6. The molecular weight excluding hydrogens is 521 g/mol. The van der Waals surface area contributed by atoms with E-state index < -0.39 is 0 Å². The van der Waals surface area contributed by atoms with E-state index in [4.69, 9.17) is 32.6 Å². The second-order valence-electron chi connectivity index (χ2n) is 9.54. The van der Waals surface area contributed by atoms with Crippen LogP contribution in [0.3, 0.4) is 0 Å². The number of benzene rings is 1. The molecular formula is C29H29Cl2N5O2. The van der Waals surface area contributed by atoms with E-state index in [9.17, 15) is 4.79 Å². The van der Waals surface area contributed by atoms with Gasteiger partial charge in [0.25, 0.3) is 5.91 Å². The molecule has 38 heavy (non-hydrogen) atoms. The molecule has 9 heteroatoms. The van der Waals surface area contributed by atoms with Gasteiger partial charge in [0.15, 0.2) is 5.89 Å². The van der Waals surface area contributed by atoms with E-state index in [1.807, 2.05) is 31.3 Å². The first-order valence-electron chi connectivity index (χ1n) is 12.7. The molecule has 1 amide bonds. The predicted molar refractivity (Wildman–Crippen MR) is 147 cm³/mol. The highest BCUT2D eigenvalue weighted by Gasteiger charge is 2.27. The molecule has 1 N–H and O–H groups in total. The molecule has 0 radical (unpaired) electrons. The molecule has 3 aromatic heterocycles. The minimum Gasteiger partial charge on any atom is -0.449 e. The first kappa shape index (κ1) is 26.4. The number of aryl methyl sites for hydroxylation is 2. The molecule has 0 fully saturated rings. The molecule has 3 heterocycles. The molecule has 0 bridgehead atoms. The zero-order valence-electron chi connectivity index (χ0n) is 21.2. The molecule has 1 aromatic carbocycles. The Morgan fingerprint density at radius 3 is 2.63 bits per heavy atom. The quantitative estimate of drug-likeness (QED) is 0.270. The van der Waals surface area contributed by atoms with Gasteiger partial charge in [0.05, 0.1) is 33.0 Å². The highest BCUT2D eigenvalue weighted by molar-refractivity contribution is 6.39. The standard InChI is InChI=1S/C29H29Cl2N5O2/c1-19-18-38-26(35-19)11-13-36(25-6-2-4-22-5-3-12-33-28(22)25)17-21-9-7-20(8-10-21)14-34-29(37)27-23(30)15-32-16-24(27)31/h3,5,7-10,12,15-16,18,25H,2,4,6,11,13-14,17H2,1H3,(H,34,37). The Kier molecular flexibility index (Phi) is 8.37. The van der Waals surface area contributed by atoms with Crippen molar-refractivity contribution >= 4 is 29.1 Å². The highest BCUT2D eigenvalue weighted by atomic mass is 35.5. The largest absolute Gasteiger partial charge is 0.449 e. The second-order valence-corrected chi connectivity index (χ2v) is 10.4. The highest BCUT2D eigenvalue weighted by Crippen LogP contribution is 2.34. The van der Waals surface area contributed by atoms with Gasteiger partial charge in [-0.15, -0.1) is 0 Å². The summed E-state index contributed by atoms with van der Waals surface area (Å²) in [6.07, 6.45) is 10.4. The first-order chi connectivity index (χ1) is 18.5. The van der Waals surface area contributed by atoms with Gasteiger partial charge in [0.2, 0.25) is 0 Å². The average molecular weight is 550 g/mol. The smallest absolute Gasteiger partial charge is 0.254 e. The Morgan fingerprint density at radius 1 is 1.13 bits per heavy atom. The van der Waals surface area contributed by atoms with Crippen LogP contribution in [0.4, 0.5) is 0 Å². The lowest BCUT2D eigenvalue weighted by Gasteiger charge is -2.35. The summed E-state index contributed by atoms with van der Waals surface area (Å²) < 4.78 is 5.62. The number of amides is 1. The van der Waals surface area contributed by atoms with E-state index >= 15 is 0 Å². The fraction of sp³-hybridized carbons (Fsp3) is 0.310. The number of halogens is 2. The number of oxazole rings is 1. The minimum absolute atomic E-state index is 0.226. The Bertz CT molecular complexity index is 1390. The lowest BCUT2D eigenvalue weighted by atomic mass is 9.90. The van der Waals surface area contributed by atoms with Crippen molar-refractivity contribution in [3.63, 3.8) is 0 Å². The van der Waals surface area contributed by atoms with Gasteiger partial charge < -0.3 is 9.73 Å². The topological polar surface area (TPSA) is 84.2 Å². The molecule has 0 aliphatic heterocycles. The summed E-state index contributed by atoms with van der Waals surface area (Å²) in [6.45, 7) is 3.89. The van der Waals surface area contributed by atoms with Gasteiger partial charge >= 0.3 is 0 Å². The van der Waals surface area contributed by atoms with Crippen LogP contribution in [-0.4, -0.2) is 32.3 Å². The van der Waals surface area contributed by atoms with E-state index in [0.29, 0.717) is 6.54 Å². The molecule has 5 rings (SSSR count). The molecule has 1 aliphatic carbocycles. The van der Waals surface area contributed by atoms with Gasteiger partial charge in [-0.1, -0.05) is 53.5 Å². The number of rotatable bonds is 9. The summed E-state index contributed by atoms with van der Waals surface area (Å²) in [4.78, 5) is 28.2. The lowest BCUT2D eigenvalue weighted by molar-refractivity contribution is 0.0951. The zero-order valence-corrected chi connectivity index (χ0v) is 22.7. The van der Waals surface area contributed by atoms with Crippen molar-refractivity contribution in [3.8, 4) is 0 Å². The van der Waals surface area contributed by atoms with Gasteiger partial charge in [0.1, 0.15) is 6.26 Å². The summed E-state index contributed by atoms with van der Waals surface area (Å²) in [6, 6.07) is 12.7. The molecule has 4 aromatic rings. The van der Waals surface area contributed by atoms with E-state index in [0.717, 1.165) is 55.9 Å². The van der Waals surface area contributed by atoms with Crippen LogP contribution in [0.1, 0.15) is 63.2 Å². The molecule has 0 saturated heterocycles. The van der Waals surface area contributed by atoms with Crippen molar-refractivity contribution in [2.75, 3.05) is 6.54 Å². The van der Waals surface area contributed by atoms with Crippen molar-refractivity contribution in [1.82, 2.24) is 25.2 Å². The van der Waals surface area contributed by atoms with Crippen LogP contribution < -0.4 is 5.32 Å². The van der Waals surface area contributed by atoms with Crippen LogP contribution in [0, 0.1) is 6.92 Å². The number of fused-ring (bicyclic) bond motifs is 1. The number of pyridine rings is 2. The zero-order chi connectivity index (χ0) is 26.5. The van der Waals surface area contributed by atoms with Crippen LogP contribution >= 0.6 is 23.2 Å². The fourth-order valence-electron chi connectivity index (χ4n) is 4.94. The Balaban J connectivity index is 1.28. The van der Waals surface area contributed by atoms with Gasteiger partial charge in [-0.3, -0.25) is 19.7 Å². The summed E-state index contributed by atoms with van der Waals surface area (Å²) in [5, 5.41) is 3.34. The number of nitrogens with zero attached hydrogens (tertiary/aromatic N) is 4. The Labute approximate surface area is 232 Å². The van der Waals surface area contributed by atoms with Gasteiger partial charge in [-0.25, -0.2) is 4.98 Å². The summed E-state index contributed by atoms with van der Waals surface area (Å²) in [5.74, 6) is 0.424. The van der Waals surface area contributed by atoms with Crippen molar-refractivity contribution < 1.29 is 9.21 Å². The maximum atomic E-state index is 12.6. The van der Waals surface area contributed by atoms with Crippen LogP contribution in [0.15, 0.2) is 65.7 Å². The molecule has 1 unspecified atom stereocenters. The number of nitrogens with one attached hydrogen (secondary N) is 1. The summed E-state index contributed by atoms with van der Waals surface area (Å²) in [7, 11) is 0. The third kappa shape index (κ3) is 6.23. The minimum atomic E-state index is -0.331. The van der Waals surface area contributed by atoms with Crippen molar-refractivity contribution in [3.05, 3.63) is 111 Å². The monoisotopic (exact) mass is 549 g/mol. The Hall–Kier alpha value is -3.26. The normalized spacial score (nSPS) is 14.9. The number of aromatic nitrogens is 3. The third-order valence-electron chi connectivity index (χ3n) is 6.83. The molecule has 0 saturated carbocycles. The number of carbonyl (C=O) groups excluding carboxylic acids is 1. The van der Waals surface area contributed by atoms with Crippen molar-refractivity contribution in [2.45, 2.75) is 51.7 Å². The SMILES string of the molecule is Cc1coc(CCN(Cc2ccc(CNC(=O)c3c(Cl)cncc3Cl)cc2)C2CCCc3cccnc32)n1. The van der Waals surface area contributed by atoms with Crippen molar-refractivity contribution in [2.24, 2.45) is 0 Å². The maximum Gasteiger partial charge on any atom is 0.254 e. The van der Waals surface area contributed by atoms with Crippen LogP contribution in [0.25, 0.3) is 0 Å².